The summed E-state index contributed by atoms with van der Waals surface area (Å²) < 4.78 is 0. The molecule has 1 aliphatic heterocycles. The minimum absolute atomic E-state index is 0.0759. The van der Waals surface area contributed by atoms with Gasteiger partial charge in [-0.05, 0) is 62.8 Å². The number of nitriles is 1. The smallest absolute Gasteiger partial charge is 0.317 e. The van der Waals surface area contributed by atoms with Gasteiger partial charge in [-0.25, -0.2) is 4.98 Å². The number of aromatic nitrogens is 2. The molecule has 1 saturated heterocycles. The third kappa shape index (κ3) is 5.61. The lowest BCUT2D eigenvalue weighted by Crippen LogP contribution is -2.54. The fourth-order valence-electron chi connectivity index (χ4n) is 4.90. The number of anilines is 1. The summed E-state index contributed by atoms with van der Waals surface area (Å²) in [6.45, 7) is 7.47. The van der Waals surface area contributed by atoms with Gasteiger partial charge in [0.05, 0.1) is 12.7 Å². The monoisotopic (exact) mass is 476 g/mol. The predicted octanol–water partition coefficient (Wildman–Crippen LogP) is 3.43. The summed E-state index contributed by atoms with van der Waals surface area (Å²) in [6, 6.07) is 8.14. The molecule has 0 bridgehead atoms. The quantitative estimate of drug-likeness (QED) is 0.559. The highest BCUT2D eigenvalue weighted by Gasteiger charge is 2.32. The summed E-state index contributed by atoms with van der Waals surface area (Å²) >= 11 is 0. The molecular formula is C26H32N6O3. The van der Waals surface area contributed by atoms with Crippen molar-refractivity contribution in [2.75, 3.05) is 38.0 Å². The van der Waals surface area contributed by atoms with Crippen LogP contribution in [0, 0.1) is 11.3 Å². The molecular weight excluding hydrogens is 444 g/mol. The fourth-order valence-corrected chi connectivity index (χ4v) is 4.90. The van der Waals surface area contributed by atoms with E-state index in [-0.39, 0.29) is 29.5 Å². The van der Waals surface area contributed by atoms with Crippen molar-refractivity contribution in [3.05, 3.63) is 53.1 Å². The number of carbonyl (C=O) groups excluding carboxylic acids is 1. The number of benzene rings is 1. The molecule has 1 aliphatic carbocycles. The van der Waals surface area contributed by atoms with Crippen LogP contribution in [0.5, 0.6) is 0 Å². The van der Waals surface area contributed by atoms with Crippen LogP contribution in [0.15, 0.2) is 30.5 Å². The number of rotatable bonds is 7. The highest BCUT2D eigenvalue weighted by molar-refractivity contribution is 6.03. The Bertz CT molecular complexity index is 1170. The van der Waals surface area contributed by atoms with Gasteiger partial charge in [0.15, 0.2) is 5.82 Å². The number of hydrogen-bond acceptors (Lipinski definition) is 6. The molecule has 0 unspecified atom stereocenters. The molecule has 3 N–H and O–H groups in total. The van der Waals surface area contributed by atoms with Crippen molar-refractivity contribution in [1.82, 2.24) is 19.8 Å². The molecule has 9 heteroatoms. The van der Waals surface area contributed by atoms with Gasteiger partial charge < -0.3 is 15.4 Å². The van der Waals surface area contributed by atoms with Gasteiger partial charge >= 0.3 is 5.97 Å². The molecule has 1 aromatic heterocycles. The van der Waals surface area contributed by atoms with Crippen molar-refractivity contribution in [2.24, 2.45) is 0 Å². The average Bonchev–Trinajstić information content (AvgIpc) is 3.34. The number of carbonyl (C=O) groups is 2. The van der Waals surface area contributed by atoms with Gasteiger partial charge in [0.1, 0.15) is 11.8 Å². The highest BCUT2D eigenvalue weighted by atomic mass is 16.4. The van der Waals surface area contributed by atoms with E-state index in [1.54, 1.807) is 0 Å². The molecule has 0 atom stereocenters. The molecule has 35 heavy (non-hydrogen) atoms. The van der Waals surface area contributed by atoms with Crippen LogP contribution >= 0.6 is 0 Å². The summed E-state index contributed by atoms with van der Waals surface area (Å²) in [6.07, 6.45) is 7.87. The van der Waals surface area contributed by atoms with E-state index >= 15 is 0 Å². The van der Waals surface area contributed by atoms with Crippen LogP contribution < -0.4 is 5.32 Å². The number of imidazole rings is 1. The SMILES string of the molecule is CC(C)(c1ccc(NC(=O)c2ncc(C#N)[nH]2)c(C2=CCCCC2)c1)N1CCN(CC(=O)O)CC1. The van der Waals surface area contributed by atoms with Crippen molar-refractivity contribution in [3.8, 4) is 6.07 Å². The second kappa shape index (κ2) is 10.4. The zero-order valence-electron chi connectivity index (χ0n) is 20.3. The summed E-state index contributed by atoms with van der Waals surface area (Å²) in [7, 11) is 0. The molecule has 2 aliphatic rings. The molecule has 2 aromatic rings. The Morgan fingerprint density at radius 3 is 2.63 bits per heavy atom. The number of aliphatic carboxylic acids is 1. The number of nitrogens with one attached hydrogen (secondary N) is 2. The maximum atomic E-state index is 12.8. The first-order valence-corrected chi connectivity index (χ1v) is 12.1. The van der Waals surface area contributed by atoms with E-state index in [1.165, 1.54) is 18.2 Å². The van der Waals surface area contributed by atoms with E-state index in [1.807, 2.05) is 17.0 Å². The van der Waals surface area contributed by atoms with Gasteiger partial charge in [0.25, 0.3) is 5.91 Å². The average molecular weight is 477 g/mol. The normalized spacial score (nSPS) is 17.5. The Morgan fingerprint density at radius 1 is 1.23 bits per heavy atom. The van der Waals surface area contributed by atoms with Gasteiger partial charge in [-0.1, -0.05) is 12.1 Å². The number of carboxylic acid groups (broad SMARTS) is 1. The minimum atomic E-state index is -0.792. The Balaban J connectivity index is 1.59. The predicted molar refractivity (Wildman–Crippen MR) is 133 cm³/mol. The topological polar surface area (TPSA) is 125 Å². The third-order valence-electron chi connectivity index (χ3n) is 7.04. The molecule has 2 heterocycles. The maximum Gasteiger partial charge on any atom is 0.317 e. The van der Waals surface area contributed by atoms with Crippen LogP contribution in [0.1, 0.15) is 67.0 Å². The fraction of sp³-hybridized carbons (Fsp3) is 0.462. The summed E-state index contributed by atoms with van der Waals surface area (Å²) in [5.74, 6) is -1.07. The number of hydrogen-bond donors (Lipinski definition) is 3. The summed E-state index contributed by atoms with van der Waals surface area (Å²) in [5, 5.41) is 21.1. The molecule has 1 aromatic carbocycles. The van der Waals surface area contributed by atoms with Crippen LogP contribution in [-0.2, 0) is 10.3 Å². The number of allylic oxidation sites excluding steroid dienone is 2. The molecule has 4 rings (SSSR count). The Morgan fingerprint density at radius 2 is 2.00 bits per heavy atom. The first kappa shape index (κ1) is 24.6. The molecule has 9 nitrogen and oxygen atoms in total. The van der Waals surface area contributed by atoms with Gasteiger partial charge in [-0.3, -0.25) is 19.4 Å². The standard InChI is InChI=1S/C26H32N6O3/c1-26(2,32-12-10-31(11-13-32)17-23(33)34)19-8-9-22(21(14-19)18-6-4-3-5-7-18)30-25(35)24-28-16-20(15-27)29-24/h6,8-9,14,16H,3-5,7,10-13,17H2,1-2H3,(H,28,29)(H,30,35)(H,33,34). The van der Waals surface area contributed by atoms with E-state index in [9.17, 15) is 9.59 Å². The van der Waals surface area contributed by atoms with E-state index in [4.69, 9.17) is 10.4 Å². The number of H-pyrrole nitrogens is 1. The number of aromatic amines is 1. The van der Waals surface area contributed by atoms with Crippen LogP contribution in [0.3, 0.4) is 0 Å². The number of piperazine rings is 1. The van der Waals surface area contributed by atoms with E-state index < -0.39 is 5.97 Å². The lowest BCUT2D eigenvalue weighted by atomic mass is 9.86. The van der Waals surface area contributed by atoms with E-state index in [0.29, 0.717) is 0 Å². The van der Waals surface area contributed by atoms with Gasteiger partial charge in [-0.2, -0.15) is 5.26 Å². The second-order valence-electron chi connectivity index (χ2n) is 9.66. The third-order valence-corrected chi connectivity index (χ3v) is 7.04. The Hall–Kier alpha value is -3.48. The van der Waals surface area contributed by atoms with Crippen molar-refractivity contribution >= 4 is 23.1 Å². The Kier molecular flexibility index (Phi) is 7.34. The second-order valence-corrected chi connectivity index (χ2v) is 9.66. The molecule has 0 saturated carbocycles. The number of carboxylic acids is 1. The van der Waals surface area contributed by atoms with Crippen LogP contribution in [0.25, 0.3) is 5.57 Å². The van der Waals surface area contributed by atoms with Crippen molar-refractivity contribution in [2.45, 2.75) is 45.1 Å². The van der Waals surface area contributed by atoms with E-state index in [2.05, 4.69) is 52.2 Å². The summed E-state index contributed by atoms with van der Waals surface area (Å²) in [5.41, 5.74) is 4.10. The maximum absolute atomic E-state index is 12.8. The zero-order valence-corrected chi connectivity index (χ0v) is 20.3. The largest absolute Gasteiger partial charge is 0.480 e. The minimum Gasteiger partial charge on any atom is -0.480 e. The van der Waals surface area contributed by atoms with Crippen LogP contribution in [-0.4, -0.2) is 69.5 Å². The Labute approximate surface area is 205 Å². The summed E-state index contributed by atoms with van der Waals surface area (Å²) in [4.78, 5) is 35.0. The van der Waals surface area contributed by atoms with Crippen molar-refractivity contribution in [3.63, 3.8) is 0 Å². The first-order valence-electron chi connectivity index (χ1n) is 12.1. The number of nitrogens with zero attached hydrogens (tertiary/aromatic N) is 4. The van der Waals surface area contributed by atoms with Crippen LogP contribution in [0.4, 0.5) is 5.69 Å². The lowest BCUT2D eigenvalue weighted by molar-refractivity contribution is -0.138. The van der Waals surface area contributed by atoms with Crippen molar-refractivity contribution < 1.29 is 14.7 Å². The number of amides is 1. The van der Waals surface area contributed by atoms with Crippen molar-refractivity contribution in [1.29, 1.82) is 5.26 Å². The van der Waals surface area contributed by atoms with Gasteiger partial charge in [0.2, 0.25) is 0 Å². The molecule has 0 spiro atoms. The molecule has 1 amide bonds. The van der Waals surface area contributed by atoms with Gasteiger partial charge in [0, 0.05) is 43.0 Å². The molecule has 0 radical (unpaired) electrons. The lowest BCUT2D eigenvalue weighted by Gasteiger charge is -2.44. The first-order chi connectivity index (χ1) is 16.8. The highest BCUT2D eigenvalue weighted by Crippen LogP contribution is 2.37. The van der Waals surface area contributed by atoms with Crippen LogP contribution in [0.2, 0.25) is 0 Å². The van der Waals surface area contributed by atoms with E-state index in [0.717, 1.165) is 62.3 Å². The molecule has 1 fully saturated rings. The van der Waals surface area contributed by atoms with Gasteiger partial charge in [-0.15, -0.1) is 0 Å². The molecule has 184 valence electrons. The zero-order chi connectivity index (χ0) is 25.0.